The highest BCUT2D eigenvalue weighted by Gasteiger charge is 2.30. The lowest BCUT2D eigenvalue weighted by atomic mass is 10.1. The minimum atomic E-state index is 0.163. The summed E-state index contributed by atoms with van der Waals surface area (Å²) in [6, 6.07) is 4.67. The molecule has 0 saturated heterocycles. The molecule has 1 unspecified atom stereocenters. The van der Waals surface area contributed by atoms with E-state index in [2.05, 4.69) is 23.3 Å². The lowest BCUT2D eigenvalue weighted by Crippen LogP contribution is -2.23. The zero-order valence-electron chi connectivity index (χ0n) is 12.0. The normalized spacial score (nSPS) is 16.2. The summed E-state index contributed by atoms with van der Waals surface area (Å²) in [6.07, 6.45) is 7.02. The molecule has 4 heteroatoms. The van der Waals surface area contributed by atoms with Crippen molar-refractivity contribution in [2.24, 2.45) is 5.92 Å². The van der Waals surface area contributed by atoms with Gasteiger partial charge in [0, 0.05) is 19.6 Å². The Hall–Kier alpha value is -1.29. The van der Waals surface area contributed by atoms with Gasteiger partial charge in [0.1, 0.15) is 5.82 Å². The Balaban J connectivity index is 1.93. The van der Waals surface area contributed by atoms with Gasteiger partial charge < -0.3 is 15.3 Å². The van der Waals surface area contributed by atoms with Gasteiger partial charge >= 0.3 is 0 Å². The molecule has 0 radical (unpaired) electrons. The molecule has 106 valence electrons. The summed E-state index contributed by atoms with van der Waals surface area (Å²) >= 11 is 0. The summed E-state index contributed by atoms with van der Waals surface area (Å²) in [5, 5.41) is 12.5. The lowest BCUT2D eigenvalue weighted by Gasteiger charge is -2.20. The van der Waals surface area contributed by atoms with Crippen molar-refractivity contribution in [1.82, 2.24) is 4.98 Å². The summed E-state index contributed by atoms with van der Waals surface area (Å²) in [6.45, 7) is 3.03. The molecule has 0 aliphatic heterocycles. The molecule has 4 nitrogen and oxygen atoms in total. The van der Waals surface area contributed by atoms with Gasteiger partial charge in [0.15, 0.2) is 0 Å². The van der Waals surface area contributed by atoms with Gasteiger partial charge in [0.05, 0.1) is 18.5 Å². The Morgan fingerprint density at radius 2 is 2.26 bits per heavy atom. The van der Waals surface area contributed by atoms with Crippen LogP contribution in [0.3, 0.4) is 0 Å². The number of likely N-dealkylation sites (N-methyl/N-ethyl adjacent to an activating group) is 1. The predicted octanol–water partition coefficient (Wildman–Crippen LogP) is 2.50. The number of rotatable bonds is 8. The SMILES string of the molecule is CCCC(Nc1ccc(N(C)CCO)cn1)C1CC1. The van der Waals surface area contributed by atoms with Gasteiger partial charge in [0.2, 0.25) is 0 Å². The largest absolute Gasteiger partial charge is 0.395 e. The molecule has 0 aromatic carbocycles. The second-order valence-corrected chi connectivity index (χ2v) is 5.42. The second kappa shape index (κ2) is 6.75. The van der Waals surface area contributed by atoms with Crippen molar-refractivity contribution in [2.45, 2.75) is 38.6 Å². The molecule has 1 atom stereocenters. The topological polar surface area (TPSA) is 48.4 Å². The molecule has 1 aliphatic carbocycles. The van der Waals surface area contributed by atoms with E-state index in [1.807, 2.05) is 24.2 Å². The van der Waals surface area contributed by atoms with Gasteiger partial charge in [-0.2, -0.15) is 0 Å². The molecule has 2 N–H and O–H groups in total. The number of hydrogen-bond acceptors (Lipinski definition) is 4. The van der Waals surface area contributed by atoms with Gasteiger partial charge in [-0.15, -0.1) is 0 Å². The van der Waals surface area contributed by atoms with Crippen LogP contribution < -0.4 is 10.2 Å². The number of aliphatic hydroxyl groups is 1. The van der Waals surface area contributed by atoms with Crippen molar-refractivity contribution in [1.29, 1.82) is 0 Å². The molecule has 0 amide bonds. The van der Waals surface area contributed by atoms with Crippen LogP contribution in [0.2, 0.25) is 0 Å². The van der Waals surface area contributed by atoms with Crippen LogP contribution in [0.15, 0.2) is 18.3 Å². The first-order chi connectivity index (χ1) is 9.24. The monoisotopic (exact) mass is 263 g/mol. The average Bonchev–Trinajstić information content (AvgIpc) is 3.24. The fourth-order valence-corrected chi connectivity index (χ4v) is 2.40. The fourth-order valence-electron chi connectivity index (χ4n) is 2.40. The highest BCUT2D eigenvalue weighted by atomic mass is 16.3. The van der Waals surface area contributed by atoms with Crippen molar-refractivity contribution in [3.63, 3.8) is 0 Å². The van der Waals surface area contributed by atoms with Crippen molar-refractivity contribution >= 4 is 11.5 Å². The first-order valence-corrected chi connectivity index (χ1v) is 7.29. The van der Waals surface area contributed by atoms with Crippen LogP contribution in [-0.4, -0.2) is 36.3 Å². The number of hydrogen-bond donors (Lipinski definition) is 2. The fraction of sp³-hybridized carbons (Fsp3) is 0.667. The smallest absolute Gasteiger partial charge is 0.126 e. The number of nitrogens with one attached hydrogen (secondary N) is 1. The van der Waals surface area contributed by atoms with Crippen molar-refractivity contribution < 1.29 is 5.11 Å². The van der Waals surface area contributed by atoms with E-state index in [1.165, 1.54) is 25.7 Å². The lowest BCUT2D eigenvalue weighted by molar-refractivity contribution is 0.304. The van der Waals surface area contributed by atoms with Crippen LogP contribution in [0.25, 0.3) is 0 Å². The molecule has 1 aromatic rings. The summed E-state index contributed by atoms with van der Waals surface area (Å²) in [4.78, 5) is 6.48. The van der Waals surface area contributed by atoms with E-state index in [9.17, 15) is 0 Å². The molecule has 1 aliphatic rings. The predicted molar refractivity (Wildman–Crippen MR) is 79.6 cm³/mol. The van der Waals surface area contributed by atoms with E-state index in [-0.39, 0.29) is 6.61 Å². The quantitative estimate of drug-likeness (QED) is 0.756. The third-order valence-electron chi connectivity index (χ3n) is 3.75. The van der Waals surface area contributed by atoms with Crippen LogP contribution in [0, 0.1) is 5.92 Å². The molecule has 1 aromatic heterocycles. The molecule has 0 spiro atoms. The molecule has 19 heavy (non-hydrogen) atoms. The minimum absolute atomic E-state index is 0.163. The molecule has 2 rings (SSSR count). The molecule has 1 saturated carbocycles. The maximum atomic E-state index is 8.92. The van der Waals surface area contributed by atoms with E-state index in [4.69, 9.17) is 5.11 Å². The van der Waals surface area contributed by atoms with E-state index >= 15 is 0 Å². The number of nitrogens with zero attached hydrogens (tertiary/aromatic N) is 2. The second-order valence-electron chi connectivity index (χ2n) is 5.42. The number of anilines is 2. The number of pyridine rings is 1. The van der Waals surface area contributed by atoms with E-state index in [1.54, 1.807) is 0 Å². The number of aromatic nitrogens is 1. The van der Waals surface area contributed by atoms with Crippen molar-refractivity contribution in [2.75, 3.05) is 30.4 Å². The van der Waals surface area contributed by atoms with Crippen molar-refractivity contribution in [3.05, 3.63) is 18.3 Å². The molecule has 1 fully saturated rings. The molecular weight excluding hydrogens is 238 g/mol. The Labute approximate surface area is 115 Å². The summed E-state index contributed by atoms with van der Waals surface area (Å²) in [5.41, 5.74) is 1.04. The van der Waals surface area contributed by atoms with Gasteiger partial charge in [-0.25, -0.2) is 4.98 Å². The molecular formula is C15H25N3O. The third kappa shape index (κ3) is 4.10. The van der Waals surface area contributed by atoms with Gasteiger partial charge in [-0.3, -0.25) is 0 Å². The maximum absolute atomic E-state index is 8.92. The Kier molecular flexibility index (Phi) is 5.02. The average molecular weight is 263 g/mol. The van der Waals surface area contributed by atoms with Crippen LogP contribution in [0.1, 0.15) is 32.6 Å². The first-order valence-electron chi connectivity index (χ1n) is 7.29. The zero-order chi connectivity index (χ0) is 13.7. The van der Waals surface area contributed by atoms with Crippen LogP contribution >= 0.6 is 0 Å². The standard InChI is InChI=1S/C15H25N3O/c1-3-4-14(12-5-6-12)17-15-8-7-13(11-16-15)18(2)9-10-19/h7-8,11-12,14,19H,3-6,9-10H2,1-2H3,(H,16,17). The Bertz CT molecular complexity index is 375. The Morgan fingerprint density at radius 1 is 1.47 bits per heavy atom. The molecule has 0 bridgehead atoms. The summed E-state index contributed by atoms with van der Waals surface area (Å²) in [5.74, 6) is 1.81. The van der Waals surface area contributed by atoms with E-state index in [0.717, 1.165) is 17.4 Å². The van der Waals surface area contributed by atoms with Gasteiger partial charge in [-0.1, -0.05) is 13.3 Å². The number of aliphatic hydroxyl groups excluding tert-OH is 1. The van der Waals surface area contributed by atoms with Crippen molar-refractivity contribution in [3.8, 4) is 0 Å². The van der Waals surface area contributed by atoms with Gasteiger partial charge in [0.25, 0.3) is 0 Å². The van der Waals surface area contributed by atoms with Crippen LogP contribution in [0.5, 0.6) is 0 Å². The first kappa shape index (κ1) is 14.1. The maximum Gasteiger partial charge on any atom is 0.126 e. The third-order valence-corrected chi connectivity index (χ3v) is 3.75. The summed E-state index contributed by atoms with van der Waals surface area (Å²) < 4.78 is 0. The van der Waals surface area contributed by atoms with Crippen LogP contribution in [-0.2, 0) is 0 Å². The summed E-state index contributed by atoms with van der Waals surface area (Å²) in [7, 11) is 1.96. The minimum Gasteiger partial charge on any atom is -0.395 e. The highest BCUT2D eigenvalue weighted by molar-refractivity contribution is 5.49. The van der Waals surface area contributed by atoms with Gasteiger partial charge in [-0.05, 0) is 37.3 Å². The highest BCUT2D eigenvalue weighted by Crippen LogP contribution is 2.36. The van der Waals surface area contributed by atoms with E-state index in [0.29, 0.717) is 12.6 Å². The van der Waals surface area contributed by atoms with Crippen LogP contribution in [0.4, 0.5) is 11.5 Å². The zero-order valence-corrected chi connectivity index (χ0v) is 12.0. The van der Waals surface area contributed by atoms with E-state index < -0.39 is 0 Å². The Morgan fingerprint density at radius 3 is 2.79 bits per heavy atom. The molecule has 1 heterocycles.